The molecule has 106 valence electrons. The Morgan fingerprint density at radius 3 is 2.30 bits per heavy atom. The molecule has 5 nitrogen and oxygen atoms in total. The number of pyridine rings is 1. The van der Waals surface area contributed by atoms with Crippen molar-refractivity contribution < 1.29 is 14.2 Å². The van der Waals surface area contributed by atoms with Crippen LogP contribution < -0.4 is 19.5 Å². The second kappa shape index (κ2) is 6.65. The van der Waals surface area contributed by atoms with Gasteiger partial charge >= 0.3 is 0 Å². The summed E-state index contributed by atoms with van der Waals surface area (Å²) in [7, 11) is 4.87. The van der Waals surface area contributed by atoms with Gasteiger partial charge in [-0.2, -0.15) is 0 Å². The third kappa shape index (κ3) is 3.32. The number of hydrogen-bond donors (Lipinski definition) is 1. The maximum absolute atomic E-state index is 5.24. The fourth-order valence-corrected chi connectivity index (χ4v) is 1.85. The number of aromatic nitrogens is 1. The van der Waals surface area contributed by atoms with Gasteiger partial charge in [0, 0.05) is 42.2 Å². The molecule has 0 aliphatic carbocycles. The Hall–Kier alpha value is -2.43. The average Bonchev–Trinajstić information content (AvgIpc) is 2.52. The van der Waals surface area contributed by atoms with Crippen molar-refractivity contribution in [3.05, 3.63) is 42.1 Å². The number of nitrogens with zero attached hydrogens (tertiary/aromatic N) is 1. The lowest BCUT2D eigenvalue weighted by Crippen LogP contribution is -2.03. The van der Waals surface area contributed by atoms with Crippen LogP contribution in [0.4, 0.5) is 5.69 Å². The minimum absolute atomic E-state index is 0.604. The van der Waals surface area contributed by atoms with E-state index >= 15 is 0 Å². The minimum Gasteiger partial charge on any atom is -0.497 e. The van der Waals surface area contributed by atoms with Crippen molar-refractivity contribution in [1.29, 1.82) is 0 Å². The molecular formula is C15H18N2O3. The molecule has 0 bridgehead atoms. The Bertz CT molecular complexity index is 551. The molecule has 20 heavy (non-hydrogen) atoms. The van der Waals surface area contributed by atoms with Gasteiger partial charge in [-0.15, -0.1) is 0 Å². The first-order chi connectivity index (χ1) is 9.76. The molecule has 1 aromatic carbocycles. The van der Waals surface area contributed by atoms with E-state index in [9.17, 15) is 0 Å². The zero-order chi connectivity index (χ0) is 14.4. The molecule has 0 radical (unpaired) electrons. The molecule has 0 saturated carbocycles. The fourth-order valence-electron chi connectivity index (χ4n) is 1.85. The summed E-state index contributed by atoms with van der Waals surface area (Å²) in [4.78, 5) is 4.17. The van der Waals surface area contributed by atoms with Crippen LogP contribution in [0, 0.1) is 0 Å². The molecule has 0 atom stereocenters. The summed E-state index contributed by atoms with van der Waals surface area (Å²) in [5.74, 6) is 2.10. The van der Waals surface area contributed by atoms with Crippen molar-refractivity contribution >= 4 is 5.69 Å². The summed E-state index contributed by atoms with van der Waals surface area (Å²) in [6.07, 6.45) is 1.71. The van der Waals surface area contributed by atoms with E-state index in [0.29, 0.717) is 12.4 Å². The Morgan fingerprint density at radius 1 is 1.00 bits per heavy atom. The molecule has 1 heterocycles. The van der Waals surface area contributed by atoms with Crippen molar-refractivity contribution in [3.8, 4) is 17.4 Å². The highest BCUT2D eigenvalue weighted by atomic mass is 16.5. The van der Waals surface area contributed by atoms with Crippen molar-refractivity contribution in [3.63, 3.8) is 0 Å². The SMILES string of the molecule is COc1cc(NCc2cccnc2OC)cc(OC)c1. The highest BCUT2D eigenvalue weighted by Crippen LogP contribution is 2.26. The molecule has 0 unspecified atom stereocenters. The summed E-state index contributed by atoms with van der Waals surface area (Å²) in [5, 5.41) is 3.31. The molecule has 0 aliphatic heterocycles. The van der Waals surface area contributed by atoms with Gasteiger partial charge in [0.15, 0.2) is 0 Å². The van der Waals surface area contributed by atoms with E-state index in [1.54, 1.807) is 27.5 Å². The third-order valence-electron chi connectivity index (χ3n) is 2.88. The van der Waals surface area contributed by atoms with Crippen LogP contribution in [0.15, 0.2) is 36.5 Å². The maximum Gasteiger partial charge on any atom is 0.218 e. The van der Waals surface area contributed by atoms with E-state index in [4.69, 9.17) is 14.2 Å². The topological polar surface area (TPSA) is 52.6 Å². The van der Waals surface area contributed by atoms with Crippen molar-refractivity contribution in [1.82, 2.24) is 4.98 Å². The predicted octanol–water partition coefficient (Wildman–Crippen LogP) is 2.72. The van der Waals surface area contributed by atoms with Crippen LogP contribution in [-0.2, 0) is 6.54 Å². The van der Waals surface area contributed by atoms with Crippen molar-refractivity contribution in [2.24, 2.45) is 0 Å². The van der Waals surface area contributed by atoms with E-state index in [1.807, 2.05) is 30.3 Å². The van der Waals surface area contributed by atoms with Gasteiger partial charge in [-0.1, -0.05) is 6.07 Å². The zero-order valence-electron chi connectivity index (χ0n) is 11.8. The molecule has 0 spiro atoms. The van der Waals surface area contributed by atoms with E-state index in [0.717, 1.165) is 22.7 Å². The standard InChI is InChI=1S/C15H18N2O3/c1-18-13-7-12(8-14(9-13)19-2)17-10-11-5-4-6-16-15(11)20-3/h4-9,17H,10H2,1-3H3. The Labute approximate surface area is 118 Å². The number of ether oxygens (including phenoxy) is 3. The second-order valence-electron chi connectivity index (χ2n) is 4.13. The molecule has 0 saturated heterocycles. The van der Waals surface area contributed by atoms with Crippen molar-refractivity contribution in [2.45, 2.75) is 6.54 Å². The summed E-state index contributed by atoms with van der Waals surface area (Å²) in [5.41, 5.74) is 1.89. The van der Waals surface area contributed by atoms with E-state index in [1.165, 1.54) is 0 Å². The lowest BCUT2D eigenvalue weighted by molar-refractivity contribution is 0.393. The van der Waals surface area contributed by atoms with E-state index in [-0.39, 0.29) is 0 Å². The molecule has 0 aliphatic rings. The molecular weight excluding hydrogens is 256 g/mol. The van der Waals surface area contributed by atoms with Gasteiger partial charge in [-0.25, -0.2) is 4.98 Å². The number of hydrogen-bond acceptors (Lipinski definition) is 5. The van der Waals surface area contributed by atoms with Crippen LogP contribution in [0.1, 0.15) is 5.56 Å². The number of rotatable bonds is 6. The van der Waals surface area contributed by atoms with Crippen LogP contribution in [0.5, 0.6) is 17.4 Å². The lowest BCUT2D eigenvalue weighted by Gasteiger charge is -2.12. The summed E-state index contributed by atoms with van der Waals surface area (Å²) >= 11 is 0. The molecule has 1 N–H and O–H groups in total. The highest BCUT2D eigenvalue weighted by molar-refractivity contribution is 5.54. The van der Waals surface area contributed by atoms with E-state index in [2.05, 4.69) is 10.3 Å². The first-order valence-electron chi connectivity index (χ1n) is 6.21. The fraction of sp³-hybridized carbons (Fsp3) is 0.267. The van der Waals surface area contributed by atoms with Crippen LogP contribution >= 0.6 is 0 Å². The molecule has 1 aromatic heterocycles. The second-order valence-corrected chi connectivity index (χ2v) is 4.13. The number of methoxy groups -OCH3 is 3. The largest absolute Gasteiger partial charge is 0.497 e. The quantitative estimate of drug-likeness (QED) is 0.877. The van der Waals surface area contributed by atoms with Gasteiger partial charge in [0.2, 0.25) is 5.88 Å². The van der Waals surface area contributed by atoms with Gasteiger partial charge < -0.3 is 19.5 Å². The van der Waals surface area contributed by atoms with Crippen LogP contribution in [0.2, 0.25) is 0 Å². The summed E-state index contributed by atoms with van der Waals surface area (Å²) in [6, 6.07) is 9.49. The Balaban J connectivity index is 2.14. The zero-order valence-corrected chi connectivity index (χ0v) is 11.8. The van der Waals surface area contributed by atoms with Gasteiger partial charge in [0.05, 0.1) is 21.3 Å². The minimum atomic E-state index is 0.604. The lowest BCUT2D eigenvalue weighted by atomic mass is 10.2. The highest BCUT2D eigenvalue weighted by Gasteiger charge is 2.05. The van der Waals surface area contributed by atoms with Crippen LogP contribution in [0.25, 0.3) is 0 Å². The normalized spacial score (nSPS) is 9.95. The average molecular weight is 274 g/mol. The monoisotopic (exact) mass is 274 g/mol. The predicted molar refractivity (Wildman–Crippen MR) is 77.7 cm³/mol. The Kier molecular flexibility index (Phi) is 4.65. The first-order valence-corrected chi connectivity index (χ1v) is 6.21. The molecule has 2 rings (SSSR count). The Morgan fingerprint density at radius 2 is 1.70 bits per heavy atom. The van der Waals surface area contributed by atoms with Gasteiger partial charge in [-0.05, 0) is 6.07 Å². The van der Waals surface area contributed by atoms with Crippen molar-refractivity contribution in [2.75, 3.05) is 26.6 Å². The van der Waals surface area contributed by atoms with Crippen LogP contribution in [0.3, 0.4) is 0 Å². The molecule has 0 fully saturated rings. The third-order valence-corrected chi connectivity index (χ3v) is 2.88. The van der Waals surface area contributed by atoms with Gasteiger partial charge in [0.25, 0.3) is 0 Å². The summed E-state index contributed by atoms with van der Waals surface area (Å²) < 4.78 is 15.7. The number of nitrogens with one attached hydrogen (secondary N) is 1. The number of benzene rings is 1. The smallest absolute Gasteiger partial charge is 0.218 e. The number of anilines is 1. The molecule has 2 aromatic rings. The van der Waals surface area contributed by atoms with E-state index < -0.39 is 0 Å². The molecule has 5 heteroatoms. The summed E-state index contributed by atoms with van der Waals surface area (Å²) in [6.45, 7) is 0.604. The first kappa shape index (κ1) is 14.0. The maximum atomic E-state index is 5.24. The van der Waals surface area contributed by atoms with Gasteiger partial charge in [0.1, 0.15) is 11.5 Å². The van der Waals surface area contributed by atoms with Crippen LogP contribution in [-0.4, -0.2) is 26.3 Å². The van der Waals surface area contributed by atoms with Gasteiger partial charge in [-0.3, -0.25) is 0 Å². The molecule has 0 amide bonds.